The molecule has 5 nitrogen and oxygen atoms in total. The van der Waals surface area contributed by atoms with E-state index in [-0.39, 0.29) is 17.9 Å². The first-order valence-electron chi connectivity index (χ1n) is 8.10. The van der Waals surface area contributed by atoms with Crippen LogP contribution >= 0.6 is 0 Å². The van der Waals surface area contributed by atoms with Crippen LogP contribution < -0.4 is 15.5 Å². The molecular weight excluding hydrogens is 278 g/mol. The molecule has 2 amide bonds. The highest BCUT2D eigenvalue weighted by Gasteiger charge is 2.22. The molecule has 1 fully saturated rings. The highest BCUT2D eigenvalue weighted by Crippen LogP contribution is 2.10. The van der Waals surface area contributed by atoms with Crippen molar-refractivity contribution in [2.24, 2.45) is 0 Å². The summed E-state index contributed by atoms with van der Waals surface area (Å²) in [6, 6.07) is 7.06. The third kappa shape index (κ3) is 4.84. The fourth-order valence-electron chi connectivity index (χ4n) is 2.91. The van der Waals surface area contributed by atoms with Crippen LogP contribution in [-0.4, -0.2) is 37.5 Å². The Morgan fingerprint density at radius 2 is 1.82 bits per heavy atom. The van der Waals surface area contributed by atoms with Crippen molar-refractivity contribution in [2.75, 3.05) is 25.0 Å². The molecule has 0 unspecified atom stereocenters. The number of amides is 2. The Labute approximate surface area is 132 Å². The molecule has 0 radical (unpaired) electrons. The molecule has 3 N–H and O–H groups in total. The fourth-order valence-corrected chi connectivity index (χ4v) is 2.91. The van der Waals surface area contributed by atoms with E-state index in [1.807, 2.05) is 0 Å². The molecule has 1 aliphatic heterocycles. The molecule has 0 saturated carbocycles. The number of anilines is 1. The summed E-state index contributed by atoms with van der Waals surface area (Å²) in [5.41, 5.74) is 1.36. The van der Waals surface area contributed by atoms with Crippen molar-refractivity contribution in [3.05, 3.63) is 29.8 Å². The smallest absolute Gasteiger partial charge is 0.319 e. The minimum atomic E-state index is -0.167. The molecule has 5 heteroatoms. The number of Topliss-reactive ketones (excluding diaryl/α,β-unsaturated/α-hetero) is 1. The second kappa shape index (κ2) is 7.94. The number of quaternary nitrogens is 1. The van der Waals surface area contributed by atoms with Gasteiger partial charge in [-0.25, -0.2) is 4.79 Å². The minimum absolute atomic E-state index is 0.0253. The number of carbonyl (C=O) groups excluding carboxylic acids is 2. The van der Waals surface area contributed by atoms with Crippen molar-refractivity contribution < 1.29 is 14.5 Å². The lowest BCUT2D eigenvalue weighted by Crippen LogP contribution is -3.13. The maximum Gasteiger partial charge on any atom is 0.319 e. The van der Waals surface area contributed by atoms with E-state index in [0.717, 1.165) is 25.9 Å². The summed E-state index contributed by atoms with van der Waals surface area (Å²) in [7, 11) is 0. The molecule has 0 spiro atoms. The molecule has 1 heterocycles. The van der Waals surface area contributed by atoms with Gasteiger partial charge in [-0.3, -0.25) is 4.79 Å². The zero-order chi connectivity index (χ0) is 15.9. The van der Waals surface area contributed by atoms with Crippen LogP contribution in [0.1, 0.15) is 43.5 Å². The summed E-state index contributed by atoms with van der Waals surface area (Å²) in [5.74, 6) is 0.0253. The number of rotatable bonds is 5. The van der Waals surface area contributed by atoms with Crippen LogP contribution in [0.5, 0.6) is 0 Å². The number of hydrogen-bond donors (Lipinski definition) is 3. The van der Waals surface area contributed by atoms with Crippen LogP contribution in [0, 0.1) is 0 Å². The number of urea groups is 1. The van der Waals surface area contributed by atoms with Gasteiger partial charge in [0.15, 0.2) is 5.78 Å². The second-order valence-corrected chi connectivity index (χ2v) is 6.01. The number of ketones is 1. The summed E-state index contributed by atoms with van der Waals surface area (Å²) in [5, 5.41) is 5.86. The second-order valence-electron chi connectivity index (χ2n) is 6.01. The molecular formula is C17H26N3O2+. The predicted molar refractivity (Wildman–Crippen MR) is 87.5 cm³/mol. The van der Waals surface area contributed by atoms with Crippen LogP contribution in [0.4, 0.5) is 10.5 Å². The average Bonchev–Trinajstić information content (AvgIpc) is 2.50. The van der Waals surface area contributed by atoms with Gasteiger partial charge in [0.05, 0.1) is 19.6 Å². The van der Waals surface area contributed by atoms with Crippen molar-refractivity contribution in [1.82, 2.24) is 5.32 Å². The van der Waals surface area contributed by atoms with E-state index in [1.54, 1.807) is 29.2 Å². The van der Waals surface area contributed by atoms with E-state index in [4.69, 9.17) is 0 Å². The van der Waals surface area contributed by atoms with Crippen molar-refractivity contribution in [1.29, 1.82) is 0 Å². The highest BCUT2D eigenvalue weighted by atomic mass is 16.2. The highest BCUT2D eigenvalue weighted by molar-refractivity contribution is 5.95. The van der Waals surface area contributed by atoms with Gasteiger partial charge in [-0.1, -0.05) is 6.92 Å². The van der Waals surface area contributed by atoms with E-state index in [1.165, 1.54) is 19.9 Å². The van der Waals surface area contributed by atoms with E-state index < -0.39 is 0 Å². The van der Waals surface area contributed by atoms with Crippen molar-refractivity contribution >= 4 is 17.5 Å². The van der Waals surface area contributed by atoms with Crippen molar-refractivity contribution in [2.45, 2.75) is 39.2 Å². The van der Waals surface area contributed by atoms with E-state index >= 15 is 0 Å². The quantitative estimate of drug-likeness (QED) is 0.721. The van der Waals surface area contributed by atoms with Crippen LogP contribution in [0.25, 0.3) is 0 Å². The Balaban J connectivity index is 1.77. The summed E-state index contributed by atoms with van der Waals surface area (Å²) < 4.78 is 0. The van der Waals surface area contributed by atoms with E-state index in [2.05, 4.69) is 17.6 Å². The van der Waals surface area contributed by atoms with Gasteiger partial charge in [0.2, 0.25) is 0 Å². The Kier molecular flexibility index (Phi) is 5.95. The van der Waals surface area contributed by atoms with Gasteiger partial charge in [0.25, 0.3) is 0 Å². The molecule has 0 aromatic heterocycles. The maximum absolute atomic E-state index is 12.0. The van der Waals surface area contributed by atoms with Gasteiger partial charge in [0, 0.05) is 30.1 Å². The Bertz CT molecular complexity index is 505. The number of hydrogen-bond acceptors (Lipinski definition) is 2. The van der Waals surface area contributed by atoms with Gasteiger partial charge in [0.1, 0.15) is 0 Å². The largest absolute Gasteiger partial charge is 0.335 e. The lowest BCUT2D eigenvalue weighted by molar-refractivity contribution is -0.905. The van der Waals surface area contributed by atoms with Crippen LogP contribution in [0.15, 0.2) is 24.3 Å². The minimum Gasteiger partial charge on any atom is -0.335 e. The Morgan fingerprint density at radius 1 is 1.18 bits per heavy atom. The molecule has 22 heavy (non-hydrogen) atoms. The van der Waals surface area contributed by atoms with Gasteiger partial charge in [-0.05, 0) is 37.6 Å². The SMILES string of the molecule is CCC[NH+]1CCC(NC(=O)Nc2ccc(C(C)=O)cc2)CC1. The molecule has 0 aliphatic carbocycles. The molecule has 2 rings (SSSR count). The molecule has 0 atom stereocenters. The summed E-state index contributed by atoms with van der Waals surface area (Å²) in [4.78, 5) is 24.9. The Morgan fingerprint density at radius 3 is 2.36 bits per heavy atom. The van der Waals surface area contributed by atoms with Crippen molar-refractivity contribution in [3.63, 3.8) is 0 Å². The number of carbonyl (C=O) groups is 2. The number of piperidine rings is 1. The lowest BCUT2D eigenvalue weighted by Gasteiger charge is -2.29. The maximum atomic E-state index is 12.0. The standard InChI is InChI=1S/C17H25N3O2/c1-3-10-20-11-8-16(9-12-20)19-17(22)18-15-6-4-14(5-7-15)13(2)21/h4-7,16H,3,8-12H2,1-2H3,(H2,18,19,22)/p+1. The molecule has 0 bridgehead atoms. The number of nitrogens with one attached hydrogen (secondary N) is 3. The van der Waals surface area contributed by atoms with Gasteiger partial charge in [-0.2, -0.15) is 0 Å². The molecule has 120 valence electrons. The number of likely N-dealkylation sites (tertiary alicyclic amines) is 1. The first kappa shape index (κ1) is 16.5. The molecule has 1 aliphatic rings. The van der Waals surface area contributed by atoms with Gasteiger partial charge in [-0.15, -0.1) is 0 Å². The predicted octanol–water partition coefficient (Wildman–Crippen LogP) is 1.47. The summed E-state index contributed by atoms with van der Waals surface area (Å²) in [6.45, 7) is 7.23. The van der Waals surface area contributed by atoms with Gasteiger partial charge >= 0.3 is 6.03 Å². The summed E-state index contributed by atoms with van der Waals surface area (Å²) >= 11 is 0. The first-order valence-corrected chi connectivity index (χ1v) is 8.10. The lowest BCUT2D eigenvalue weighted by atomic mass is 10.1. The molecule has 1 saturated heterocycles. The normalized spacial score (nSPS) is 21.2. The Hall–Kier alpha value is -1.88. The topological polar surface area (TPSA) is 62.6 Å². The van der Waals surface area contributed by atoms with E-state index in [0.29, 0.717) is 11.3 Å². The van der Waals surface area contributed by atoms with Gasteiger partial charge < -0.3 is 15.5 Å². The first-order chi connectivity index (χ1) is 10.6. The fraction of sp³-hybridized carbons (Fsp3) is 0.529. The van der Waals surface area contributed by atoms with E-state index in [9.17, 15) is 9.59 Å². The summed E-state index contributed by atoms with van der Waals surface area (Å²) in [6.07, 6.45) is 3.28. The average molecular weight is 304 g/mol. The van der Waals surface area contributed by atoms with Crippen molar-refractivity contribution in [3.8, 4) is 0 Å². The monoisotopic (exact) mass is 304 g/mol. The zero-order valence-electron chi connectivity index (χ0n) is 13.4. The number of benzene rings is 1. The van der Waals surface area contributed by atoms with Crippen LogP contribution in [-0.2, 0) is 0 Å². The molecule has 1 aromatic carbocycles. The van der Waals surface area contributed by atoms with Crippen LogP contribution in [0.3, 0.4) is 0 Å². The zero-order valence-corrected chi connectivity index (χ0v) is 13.4. The third-order valence-corrected chi connectivity index (χ3v) is 4.18. The van der Waals surface area contributed by atoms with Crippen LogP contribution in [0.2, 0.25) is 0 Å². The third-order valence-electron chi connectivity index (χ3n) is 4.18. The molecule has 1 aromatic rings.